The van der Waals surface area contributed by atoms with Gasteiger partial charge in [0.1, 0.15) is 5.83 Å². The fourth-order valence-corrected chi connectivity index (χ4v) is 0.786. The molecule has 0 radical (unpaired) electrons. The number of nitrogens with one attached hydrogen (secondary N) is 1. The molecule has 0 aliphatic heterocycles. The molecule has 2 nitrogen and oxygen atoms in total. The van der Waals surface area contributed by atoms with Crippen molar-refractivity contribution in [2.45, 2.75) is 27.2 Å². The standard InChI is InChI=1S/C11H16FNO/c1-5-7-10(9(4)12)13-11(14)8(3)6-2/h6-7H,4-5H2,1-3H3,(H,13,14)/b8-6+,10-7+. The summed E-state index contributed by atoms with van der Waals surface area (Å²) in [6, 6.07) is 0. The molecule has 78 valence electrons. The van der Waals surface area contributed by atoms with E-state index >= 15 is 0 Å². The van der Waals surface area contributed by atoms with Crippen LogP contribution in [0.2, 0.25) is 0 Å². The van der Waals surface area contributed by atoms with Crippen LogP contribution >= 0.6 is 0 Å². The molecule has 0 aromatic heterocycles. The Morgan fingerprint density at radius 3 is 2.50 bits per heavy atom. The van der Waals surface area contributed by atoms with Crippen LogP contribution in [0, 0.1) is 0 Å². The van der Waals surface area contributed by atoms with Crippen LogP contribution in [0.5, 0.6) is 0 Å². The Morgan fingerprint density at radius 2 is 2.14 bits per heavy atom. The van der Waals surface area contributed by atoms with Crippen molar-refractivity contribution in [3.05, 3.63) is 35.8 Å². The third kappa shape index (κ3) is 4.03. The lowest BCUT2D eigenvalue weighted by atomic mass is 10.2. The summed E-state index contributed by atoms with van der Waals surface area (Å²) in [5, 5.41) is 2.45. The molecule has 0 saturated heterocycles. The summed E-state index contributed by atoms with van der Waals surface area (Å²) in [7, 11) is 0. The van der Waals surface area contributed by atoms with Crippen molar-refractivity contribution in [3.63, 3.8) is 0 Å². The van der Waals surface area contributed by atoms with Crippen LogP contribution in [0.1, 0.15) is 27.2 Å². The molecule has 3 heteroatoms. The monoisotopic (exact) mass is 197 g/mol. The van der Waals surface area contributed by atoms with Gasteiger partial charge in [0.25, 0.3) is 5.91 Å². The summed E-state index contributed by atoms with van der Waals surface area (Å²) in [4.78, 5) is 11.3. The summed E-state index contributed by atoms with van der Waals surface area (Å²) in [6.45, 7) is 8.42. The number of carbonyl (C=O) groups is 1. The zero-order valence-corrected chi connectivity index (χ0v) is 8.86. The molecule has 0 aliphatic rings. The number of amides is 1. The fraction of sp³-hybridized carbons (Fsp3) is 0.364. The van der Waals surface area contributed by atoms with Crippen LogP contribution in [0.3, 0.4) is 0 Å². The molecule has 1 amide bonds. The Balaban J connectivity index is 4.55. The van der Waals surface area contributed by atoms with Gasteiger partial charge in [-0.3, -0.25) is 4.79 Å². The highest BCUT2D eigenvalue weighted by Gasteiger charge is 2.07. The zero-order chi connectivity index (χ0) is 11.1. The third-order valence-electron chi connectivity index (χ3n) is 1.74. The number of hydrogen-bond acceptors (Lipinski definition) is 1. The molecule has 0 rings (SSSR count). The predicted octanol–water partition coefficient (Wildman–Crippen LogP) is 2.85. The van der Waals surface area contributed by atoms with E-state index in [0.29, 0.717) is 12.0 Å². The molecule has 0 aromatic carbocycles. The van der Waals surface area contributed by atoms with Gasteiger partial charge in [-0.1, -0.05) is 25.7 Å². The van der Waals surface area contributed by atoms with Gasteiger partial charge in [0.05, 0.1) is 5.70 Å². The van der Waals surface area contributed by atoms with E-state index in [4.69, 9.17) is 0 Å². The van der Waals surface area contributed by atoms with Crippen LogP contribution in [-0.4, -0.2) is 5.91 Å². The Morgan fingerprint density at radius 1 is 1.57 bits per heavy atom. The van der Waals surface area contributed by atoms with Gasteiger partial charge in [-0.25, -0.2) is 4.39 Å². The Hall–Kier alpha value is -1.38. The fourth-order valence-electron chi connectivity index (χ4n) is 0.786. The summed E-state index contributed by atoms with van der Waals surface area (Å²) in [5.74, 6) is -0.921. The smallest absolute Gasteiger partial charge is 0.251 e. The SMILES string of the molecule is C=C(F)/C(=C\CC)NC(=O)/C(C)=C/C. The van der Waals surface area contributed by atoms with Crippen LogP contribution in [-0.2, 0) is 4.79 Å². The maximum absolute atomic E-state index is 12.8. The number of hydrogen-bond donors (Lipinski definition) is 1. The summed E-state index contributed by atoms with van der Waals surface area (Å²) in [5.41, 5.74) is 0.701. The van der Waals surface area contributed by atoms with Gasteiger partial charge in [-0.05, 0) is 20.3 Å². The minimum atomic E-state index is -0.621. The minimum absolute atomic E-state index is 0.152. The maximum atomic E-state index is 12.8. The van der Waals surface area contributed by atoms with Crippen LogP contribution < -0.4 is 5.32 Å². The lowest BCUT2D eigenvalue weighted by Gasteiger charge is -2.07. The van der Waals surface area contributed by atoms with Crippen molar-refractivity contribution in [1.82, 2.24) is 5.32 Å². The topological polar surface area (TPSA) is 29.1 Å². The number of allylic oxidation sites excluding steroid dienone is 3. The van der Waals surface area contributed by atoms with Gasteiger partial charge in [0.15, 0.2) is 0 Å². The summed E-state index contributed by atoms with van der Waals surface area (Å²) < 4.78 is 12.8. The molecule has 0 heterocycles. The Labute approximate surface area is 84.2 Å². The van der Waals surface area contributed by atoms with Crippen molar-refractivity contribution in [3.8, 4) is 0 Å². The van der Waals surface area contributed by atoms with Crippen molar-refractivity contribution in [1.29, 1.82) is 0 Å². The van der Waals surface area contributed by atoms with E-state index in [2.05, 4.69) is 11.9 Å². The quantitative estimate of drug-likeness (QED) is 0.545. The van der Waals surface area contributed by atoms with E-state index in [1.807, 2.05) is 6.92 Å². The molecule has 0 spiro atoms. The third-order valence-corrected chi connectivity index (χ3v) is 1.74. The molecular weight excluding hydrogens is 181 g/mol. The molecule has 0 bridgehead atoms. The zero-order valence-electron chi connectivity index (χ0n) is 8.86. The lowest BCUT2D eigenvalue weighted by molar-refractivity contribution is -0.116. The molecule has 0 saturated carbocycles. The Kier molecular flexibility index (Phi) is 5.53. The van der Waals surface area contributed by atoms with E-state index in [9.17, 15) is 9.18 Å². The van der Waals surface area contributed by atoms with E-state index < -0.39 is 5.83 Å². The number of carbonyl (C=O) groups excluding carboxylic acids is 1. The highest BCUT2D eigenvalue weighted by molar-refractivity contribution is 5.94. The van der Waals surface area contributed by atoms with Crippen molar-refractivity contribution >= 4 is 5.91 Å². The van der Waals surface area contributed by atoms with Crippen molar-refractivity contribution in [2.75, 3.05) is 0 Å². The summed E-state index contributed by atoms with van der Waals surface area (Å²) in [6.07, 6.45) is 3.90. The second-order valence-electron chi connectivity index (χ2n) is 2.86. The van der Waals surface area contributed by atoms with E-state index in [1.54, 1.807) is 26.0 Å². The average Bonchev–Trinajstić information content (AvgIpc) is 2.15. The molecule has 1 N–H and O–H groups in total. The van der Waals surface area contributed by atoms with Crippen LogP contribution in [0.25, 0.3) is 0 Å². The first-order chi connectivity index (χ1) is 6.52. The van der Waals surface area contributed by atoms with Crippen LogP contribution in [0.4, 0.5) is 4.39 Å². The second-order valence-corrected chi connectivity index (χ2v) is 2.86. The van der Waals surface area contributed by atoms with Gasteiger partial charge in [0.2, 0.25) is 0 Å². The van der Waals surface area contributed by atoms with Crippen molar-refractivity contribution < 1.29 is 9.18 Å². The lowest BCUT2D eigenvalue weighted by Crippen LogP contribution is -2.23. The molecule has 0 aliphatic carbocycles. The normalized spacial score (nSPS) is 12.6. The average molecular weight is 197 g/mol. The Bertz CT molecular complexity index is 290. The maximum Gasteiger partial charge on any atom is 0.251 e. The van der Waals surface area contributed by atoms with Gasteiger partial charge in [-0.15, -0.1) is 0 Å². The molecular formula is C11H16FNO. The minimum Gasteiger partial charge on any atom is -0.320 e. The van der Waals surface area contributed by atoms with Gasteiger partial charge in [-0.2, -0.15) is 0 Å². The second kappa shape index (κ2) is 6.13. The highest BCUT2D eigenvalue weighted by atomic mass is 19.1. The largest absolute Gasteiger partial charge is 0.320 e. The molecule has 0 fully saturated rings. The van der Waals surface area contributed by atoms with E-state index in [0.717, 1.165) is 0 Å². The first-order valence-corrected chi connectivity index (χ1v) is 4.52. The molecule has 0 atom stereocenters. The van der Waals surface area contributed by atoms with Gasteiger partial charge < -0.3 is 5.32 Å². The molecule has 14 heavy (non-hydrogen) atoms. The molecule has 0 unspecified atom stereocenters. The number of halogens is 1. The highest BCUT2D eigenvalue weighted by Crippen LogP contribution is 2.07. The number of rotatable bonds is 4. The van der Waals surface area contributed by atoms with Crippen molar-refractivity contribution in [2.24, 2.45) is 0 Å². The van der Waals surface area contributed by atoms with Crippen LogP contribution in [0.15, 0.2) is 35.8 Å². The van der Waals surface area contributed by atoms with Gasteiger partial charge >= 0.3 is 0 Å². The van der Waals surface area contributed by atoms with E-state index in [-0.39, 0.29) is 11.6 Å². The first-order valence-electron chi connectivity index (χ1n) is 4.52. The molecule has 0 aromatic rings. The predicted molar refractivity (Wildman–Crippen MR) is 56.2 cm³/mol. The first kappa shape index (κ1) is 12.6. The van der Waals surface area contributed by atoms with Gasteiger partial charge in [0, 0.05) is 5.57 Å². The summed E-state index contributed by atoms with van der Waals surface area (Å²) >= 11 is 0. The van der Waals surface area contributed by atoms with E-state index in [1.165, 1.54) is 0 Å².